The van der Waals surface area contributed by atoms with Gasteiger partial charge in [-0.1, -0.05) is 12.2 Å². The minimum Gasteiger partial charge on any atom is -0.370 e. The van der Waals surface area contributed by atoms with Crippen molar-refractivity contribution in [1.82, 2.24) is 5.06 Å². The lowest BCUT2D eigenvalue weighted by atomic mass is 10.4. The number of amides is 1. The topological polar surface area (TPSA) is 66.8 Å². The van der Waals surface area contributed by atoms with Gasteiger partial charge < -0.3 is 9.94 Å². The van der Waals surface area contributed by atoms with Crippen LogP contribution in [0.5, 0.6) is 0 Å². The first-order valence-electron chi connectivity index (χ1n) is 4.78. The minimum atomic E-state index is -0.966. The van der Waals surface area contributed by atoms with Crippen molar-refractivity contribution in [2.45, 2.75) is 39.8 Å². The summed E-state index contributed by atoms with van der Waals surface area (Å²) in [6.45, 7) is 5.18. The second-order valence-corrected chi connectivity index (χ2v) is 2.99. The van der Waals surface area contributed by atoms with E-state index in [1.165, 1.54) is 6.92 Å². The van der Waals surface area contributed by atoms with Gasteiger partial charge in [0.25, 0.3) is 5.91 Å². The molecule has 1 rings (SSSR count). The van der Waals surface area contributed by atoms with E-state index in [0.717, 1.165) is 0 Å². The number of carbonyl (C=O) groups is 2. The molecule has 0 aromatic carbocycles. The third-order valence-electron chi connectivity index (χ3n) is 1.69. The molecule has 0 bridgehead atoms. The largest absolute Gasteiger partial charge is 0.370 e. The third-order valence-corrected chi connectivity index (χ3v) is 1.69. The molecule has 86 valence electrons. The molecule has 0 aliphatic carbocycles. The molecule has 1 saturated heterocycles. The van der Waals surface area contributed by atoms with Crippen molar-refractivity contribution in [3.8, 4) is 0 Å². The van der Waals surface area contributed by atoms with Crippen LogP contribution < -0.4 is 0 Å². The van der Waals surface area contributed by atoms with Crippen LogP contribution in [0.4, 0.5) is 0 Å². The standard InChI is InChI=1S/C6H9NO4.C4H8/c1-4(8)11-7-5(9)2-3-6(7)10;1-3-4-2/h5,9H,2-3H2,1H3;3-4H,1-2H3/b;4-3-. The normalized spacial score (nSPS) is 20.1. The molecule has 5 heteroatoms. The highest BCUT2D eigenvalue weighted by molar-refractivity contribution is 5.79. The highest BCUT2D eigenvalue weighted by Crippen LogP contribution is 2.16. The first kappa shape index (κ1) is 13.6. The molecule has 0 aromatic heterocycles. The summed E-state index contributed by atoms with van der Waals surface area (Å²) < 4.78 is 0. The van der Waals surface area contributed by atoms with Gasteiger partial charge >= 0.3 is 5.97 Å². The van der Waals surface area contributed by atoms with Crippen molar-refractivity contribution in [1.29, 1.82) is 0 Å². The molecule has 1 heterocycles. The first-order chi connectivity index (χ1) is 7.02. The number of aliphatic hydroxyl groups is 1. The first-order valence-corrected chi connectivity index (χ1v) is 4.78. The SMILES string of the molecule is C/C=C\C.CC(=O)ON1C(=O)CCC1O. The monoisotopic (exact) mass is 215 g/mol. The maximum absolute atomic E-state index is 10.8. The van der Waals surface area contributed by atoms with Gasteiger partial charge in [-0.05, 0) is 13.8 Å². The molecule has 1 unspecified atom stereocenters. The smallest absolute Gasteiger partial charge is 0.329 e. The zero-order chi connectivity index (χ0) is 11.8. The maximum Gasteiger partial charge on any atom is 0.329 e. The van der Waals surface area contributed by atoms with Crippen LogP contribution in [0.25, 0.3) is 0 Å². The summed E-state index contributed by atoms with van der Waals surface area (Å²) in [7, 11) is 0. The number of carbonyl (C=O) groups excluding carboxylic acids is 2. The Hall–Kier alpha value is -1.36. The van der Waals surface area contributed by atoms with E-state index in [0.29, 0.717) is 11.5 Å². The second kappa shape index (κ2) is 7.00. The van der Waals surface area contributed by atoms with E-state index >= 15 is 0 Å². The fraction of sp³-hybridized carbons (Fsp3) is 0.600. The summed E-state index contributed by atoms with van der Waals surface area (Å²) in [6, 6.07) is 0. The quantitative estimate of drug-likeness (QED) is 0.662. The Morgan fingerprint density at radius 3 is 2.33 bits per heavy atom. The molecule has 0 radical (unpaired) electrons. The van der Waals surface area contributed by atoms with Crippen molar-refractivity contribution < 1.29 is 19.5 Å². The molecule has 1 fully saturated rings. The van der Waals surface area contributed by atoms with Crippen molar-refractivity contribution in [2.24, 2.45) is 0 Å². The van der Waals surface area contributed by atoms with Crippen LogP contribution in [0.3, 0.4) is 0 Å². The Morgan fingerprint density at radius 1 is 1.53 bits per heavy atom. The van der Waals surface area contributed by atoms with Crippen LogP contribution in [0.15, 0.2) is 12.2 Å². The van der Waals surface area contributed by atoms with Crippen LogP contribution in [0, 0.1) is 0 Å². The van der Waals surface area contributed by atoms with Gasteiger partial charge in [0.2, 0.25) is 0 Å². The number of hydrogen-bond donors (Lipinski definition) is 1. The summed E-state index contributed by atoms with van der Waals surface area (Å²) in [4.78, 5) is 25.6. The van der Waals surface area contributed by atoms with Crippen LogP contribution in [-0.2, 0) is 14.4 Å². The number of hydroxylamine groups is 2. The summed E-state index contributed by atoms with van der Waals surface area (Å²) in [5, 5.41) is 9.75. The van der Waals surface area contributed by atoms with Gasteiger partial charge in [-0.2, -0.15) is 0 Å². The molecule has 1 aliphatic heterocycles. The lowest BCUT2D eigenvalue weighted by molar-refractivity contribution is -0.218. The van der Waals surface area contributed by atoms with E-state index in [1.807, 2.05) is 26.0 Å². The van der Waals surface area contributed by atoms with E-state index in [9.17, 15) is 9.59 Å². The van der Waals surface area contributed by atoms with E-state index in [4.69, 9.17) is 5.11 Å². The fourth-order valence-corrected chi connectivity index (χ4v) is 0.896. The molecule has 0 spiro atoms. The van der Waals surface area contributed by atoms with Gasteiger partial charge in [0.05, 0.1) is 0 Å². The maximum atomic E-state index is 10.8. The minimum absolute atomic E-state index is 0.231. The Balaban J connectivity index is 0.000000423. The van der Waals surface area contributed by atoms with Gasteiger partial charge in [0.15, 0.2) is 6.23 Å². The number of allylic oxidation sites excluding steroid dienone is 2. The Kier molecular flexibility index (Phi) is 6.37. The van der Waals surface area contributed by atoms with Gasteiger partial charge in [0, 0.05) is 19.8 Å². The predicted octanol–water partition coefficient (Wildman–Crippen LogP) is 0.988. The molecular formula is C10H17NO4. The number of nitrogens with zero attached hydrogens (tertiary/aromatic N) is 1. The summed E-state index contributed by atoms with van der Waals surface area (Å²) in [6.07, 6.45) is 3.59. The fourth-order valence-electron chi connectivity index (χ4n) is 0.896. The van der Waals surface area contributed by atoms with Gasteiger partial charge in [-0.3, -0.25) is 9.59 Å². The highest BCUT2D eigenvalue weighted by Gasteiger charge is 2.31. The summed E-state index contributed by atoms with van der Waals surface area (Å²) in [5.74, 6) is -0.952. The Labute approximate surface area is 89.3 Å². The average Bonchev–Trinajstić information content (AvgIpc) is 2.49. The second-order valence-electron chi connectivity index (χ2n) is 2.99. The van der Waals surface area contributed by atoms with Crippen molar-refractivity contribution in [2.75, 3.05) is 0 Å². The number of aliphatic hydroxyl groups excluding tert-OH is 1. The lowest BCUT2D eigenvalue weighted by Gasteiger charge is -2.17. The number of hydrogen-bond acceptors (Lipinski definition) is 4. The van der Waals surface area contributed by atoms with Crippen LogP contribution in [0.1, 0.15) is 33.6 Å². The molecule has 1 amide bonds. The van der Waals surface area contributed by atoms with Crippen molar-refractivity contribution in [3.05, 3.63) is 12.2 Å². The van der Waals surface area contributed by atoms with E-state index in [1.54, 1.807) is 0 Å². The average molecular weight is 215 g/mol. The van der Waals surface area contributed by atoms with Gasteiger partial charge in [-0.25, -0.2) is 0 Å². The third kappa shape index (κ3) is 5.17. The molecule has 0 saturated carbocycles. The predicted molar refractivity (Wildman–Crippen MR) is 54.3 cm³/mol. The molecule has 15 heavy (non-hydrogen) atoms. The van der Waals surface area contributed by atoms with E-state index in [2.05, 4.69) is 4.84 Å². The molecule has 5 nitrogen and oxygen atoms in total. The Morgan fingerprint density at radius 2 is 2.07 bits per heavy atom. The molecule has 0 aromatic rings. The van der Waals surface area contributed by atoms with E-state index in [-0.39, 0.29) is 12.3 Å². The lowest BCUT2D eigenvalue weighted by Crippen LogP contribution is -2.34. The van der Waals surface area contributed by atoms with Gasteiger partial charge in [-0.15, -0.1) is 5.06 Å². The summed E-state index contributed by atoms with van der Waals surface area (Å²) >= 11 is 0. The zero-order valence-electron chi connectivity index (χ0n) is 9.27. The van der Waals surface area contributed by atoms with Crippen molar-refractivity contribution in [3.63, 3.8) is 0 Å². The van der Waals surface area contributed by atoms with Crippen LogP contribution in [0.2, 0.25) is 0 Å². The summed E-state index contributed by atoms with van der Waals surface area (Å²) in [5.41, 5.74) is 0. The number of rotatable bonds is 1. The van der Waals surface area contributed by atoms with Crippen molar-refractivity contribution >= 4 is 11.9 Å². The van der Waals surface area contributed by atoms with Crippen LogP contribution in [-0.4, -0.2) is 28.3 Å². The van der Waals surface area contributed by atoms with Crippen LogP contribution >= 0.6 is 0 Å². The van der Waals surface area contributed by atoms with Gasteiger partial charge in [0.1, 0.15) is 0 Å². The zero-order valence-corrected chi connectivity index (χ0v) is 9.27. The molecular weight excluding hydrogens is 198 g/mol. The van der Waals surface area contributed by atoms with E-state index < -0.39 is 12.2 Å². The highest BCUT2D eigenvalue weighted by atomic mass is 16.7. The molecule has 1 N–H and O–H groups in total. The Bertz CT molecular complexity index is 246. The molecule has 1 atom stereocenters. The molecule has 1 aliphatic rings.